The summed E-state index contributed by atoms with van der Waals surface area (Å²) in [5, 5.41) is 9.08. The summed E-state index contributed by atoms with van der Waals surface area (Å²) in [6.07, 6.45) is 0.0938. The van der Waals surface area contributed by atoms with Crippen LogP contribution in [0.4, 0.5) is 0 Å². The number of carboxylic acids is 1. The zero-order chi connectivity index (χ0) is 14.4. The molecule has 2 atom stereocenters. The fraction of sp³-hybridized carbons (Fsp3) is 0.500. The van der Waals surface area contributed by atoms with E-state index in [1.165, 1.54) is 7.11 Å². The fourth-order valence-electron chi connectivity index (χ4n) is 1.81. The van der Waals surface area contributed by atoms with Crippen LogP contribution in [-0.4, -0.2) is 30.3 Å². The van der Waals surface area contributed by atoms with Crippen LogP contribution in [0.2, 0.25) is 0 Å². The number of hydrogen-bond acceptors (Lipinski definition) is 4. The van der Waals surface area contributed by atoms with Crippen molar-refractivity contribution in [2.24, 2.45) is 5.73 Å². The third-order valence-electron chi connectivity index (χ3n) is 2.73. The van der Waals surface area contributed by atoms with Gasteiger partial charge in [0.05, 0.1) is 7.11 Å². The van der Waals surface area contributed by atoms with Crippen molar-refractivity contribution in [3.8, 4) is 11.5 Å². The third-order valence-corrected chi connectivity index (χ3v) is 2.73. The molecule has 106 valence electrons. The lowest BCUT2D eigenvalue weighted by molar-refractivity contribution is -0.145. The highest BCUT2D eigenvalue weighted by Crippen LogP contribution is 2.33. The van der Waals surface area contributed by atoms with Gasteiger partial charge in [-0.05, 0) is 31.4 Å². The number of aliphatic carboxylic acids is 1. The zero-order valence-corrected chi connectivity index (χ0v) is 11.6. The van der Waals surface area contributed by atoms with Crippen LogP contribution in [0.1, 0.15) is 25.8 Å². The summed E-state index contributed by atoms with van der Waals surface area (Å²) in [6, 6.07) is 5.41. The Hall–Kier alpha value is -1.75. The molecule has 0 bridgehead atoms. The topological polar surface area (TPSA) is 81.8 Å². The smallest absolute Gasteiger partial charge is 0.344 e. The Bertz CT molecular complexity index is 431. The molecule has 5 nitrogen and oxygen atoms in total. The molecule has 2 unspecified atom stereocenters. The molecule has 3 N–H and O–H groups in total. The van der Waals surface area contributed by atoms with Crippen molar-refractivity contribution < 1.29 is 19.4 Å². The van der Waals surface area contributed by atoms with Crippen molar-refractivity contribution in [3.63, 3.8) is 0 Å². The van der Waals surface area contributed by atoms with E-state index in [-0.39, 0.29) is 6.04 Å². The minimum Gasteiger partial charge on any atom is -0.493 e. The zero-order valence-electron chi connectivity index (χ0n) is 11.6. The molecule has 0 amide bonds. The van der Waals surface area contributed by atoms with Crippen molar-refractivity contribution in [3.05, 3.63) is 23.8 Å². The lowest BCUT2D eigenvalue weighted by atomic mass is 10.1. The van der Waals surface area contributed by atoms with Gasteiger partial charge >= 0.3 is 5.97 Å². The Morgan fingerprint density at radius 3 is 2.63 bits per heavy atom. The monoisotopic (exact) mass is 267 g/mol. The van der Waals surface area contributed by atoms with Crippen LogP contribution in [0.25, 0.3) is 0 Å². The first kappa shape index (κ1) is 15.3. The van der Waals surface area contributed by atoms with Gasteiger partial charge in [-0.25, -0.2) is 4.79 Å². The summed E-state index contributed by atoms with van der Waals surface area (Å²) in [7, 11) is 1.53. The second kappa shape index (κ2) is 6.99. The van der Waals surface area contributed by atoms with Crippen LogP contribution in [0.15, 0.2) is 18.2 Å². The number of carbonyl (C=O) groups is 1. The minimum absolute atomic E-state index is 0.0423. The van der Waals surface area contributed by atoms with Crippen LogP contribution in [0, 0.1) is 0 Å². The minimum atomic E-state index is -0.986. The predicted molar refractivity (Wildman–Crippen MR) is 72.7 cm³/mol. The number of benzene rings is 1. The molecule has 0 aromatic heterocycles. The highest BCUT2D eigenvalue weighted by atomic mass is 16.5. The Labute approximate surface area is 113 Å². The maximum atomic E-state index is 11.1. The molecule has 1 aromatic rings. The lowest BCUT2D eigenvalue weighted by Crippen LogP contribution is -2.27. The fourth-order valence-corrected chi connectivity index (χ4v) is 1.81. The van der Waals surface area contributed by atoms with Gasteiger partial charge in [0.25, 0.3) is 0 Å². The molecule has 0 aliphatic carbocycles. The molecule has 0 spiro atoms. The molecule has 0 radical (unpaired) electrons. The molecular weight excluding hydrogens is 246 g/mol. The standard InChI is InChI=1S/C14H21NO4/c1-4-11(14(16)17)19-13-10(8-9(2)15)6-5-7-12(13)18-3/h5-7,9,11H,4,8,15H2,1-3H3,(H,16,17). The summed E-state index contributed by atoms with van der Waals surface area (Å²) in [4.78, 5) is 11.1. The van der Waals surface area contributed by atoms with Crippen molar-refractivity contribution in [1.82, 2.24) is 0 Å². The summed E-state index contributed by atoms with van der Waals surface area (Å²) in [5.41, 5.74) is 6.65. The average molecular weight is 267 g/mol. The molecule has 0 aliphatic heterocycles. The van der Waals surface area contributed by atoms with Crippen LogP contribution in [-0.2, 0) is 11.2 Å². The Balaban J connectivity index is 3.10. The number of methoxy groups -OCH3 is 1. The van der Waals surface area contributed by atoms with Crippen molar-refractivity contribution >= 4 is 5.97 Å². The first-order valence-corrected chi connectivity index (χ1v) is 6.30. The Morgan fingerprint density at radius 1 is 1.47 bits per heavy atom. The number of rotatable bonds is 7. The van der Waals surface area contributed by atoms with Gasteiger partial charge in [0.2, 0.25) is 0 Å². The second-order valence-corrected chi connectivity index (χ2v) is 4.48. The molecule has 0 fully saturated rings. The molecule has 0 saturated carbocycles. The molecule has 5 heteroatoms. The SMILES string of the molecule is CCC(Oc1c(CC(C)N)cccc1OC)C(=O)O. The van der Waals surface area contributed by atoms with Crippen LogP contribution in [0.5, 0.6) is 11.5 Å². The highest BCUT2D eigenvalue weighted by Gasteiger charge is 2.21. The maximum Gasteiger partial charge on any atom is 0.344 e. The van der Waals surface area contributed by atoms with Gasteiger partial charge in [-0.2, -0.15) is 0 Å². The van der Waals surface area contributed by atoms with Gasteiger partial charge in [-0.15, -0.1) is 0 Å². The molecule has 0 aliphatic rings. The number of ether oxygens (including phenoxy) is 2. The lowest BCUT2D eigenvalue weighted by Gasteiger charge is -2.19. The Morgan fingerprint density at radius 2 is 2.16 bits per heavy atom. The van der Waals surface area contributed by atoms with E-state index in [2.05, 4.69) is 0 Å². The molecular formula is C14H21NO4. The van der Waals surface area contributed by atoms with Crippen molar-refractivity contribution in [1.29, 1.82) is 0 Å². The van der Waals surface area contributed by atoms with Crippen LogP contribution >= 0.6 is 0 Å². The van der Waals surface area contributed by atoms with E-state index in [1.54, 1.807) is 13.0 Å². The van der Waals surface area contributed by atoms with E-state index < -0.39 is 12.1 Å². The van der Waals surface area contributed by atoms with E-state index in [0.717, 1.165) is 5.56 Å². The van der Waals surface area contributed by atoms with E-state index in [9.17, 15) is 4.79 Å². The van der Waals surface area contributed by atoms with Gasteiger partial charge in [-0.1, -0.05) is 19.1 Å². The van der Waals surface area contributed by atoms with Gasteiger partial charge in [0.15, 0.2) is 17.6 Å². The van der Waals surface area contributed by atoms with E-state index >= 15 is 0 Å². The van der Waals surface area contributed by atoms with Crippen molar-refractivity contribution in [2.75, 3.05) is 7.11 Å². The number of carboxylic acid groups (broad SMARTS) is 1. The van der Waals surface area contributed by atoms with E-state index in [4.69, 9.17) is 20.3 Å². The van der Waals surface area contributed by atoms with E-state index in [0.29, 0.717) is 24.3 Å². The van der Waals surface area contributed by atoms with Gasteiger partial charge in [-0.3, -0.25) is 0 Å². The van der Waals surface area contributed by atoms with Crippen LogP contribution < -0.4 is 15.2 Å². The molecule has 1 aromatic carbocycles. The van der Waals surface area contributed by atoms with Gasteiger partial charge < -0.3 is 20.3 Å². The molecule has 19 heavy (non-hydrogen) atoms. The normalized spacial score (nSPS) is 13.7. The molecule has 1 rings (SSSR count). The molecule has 0 heterocycles. The Kier molecular flexibility index (Phi) is 5.63. The van der Waals surface area contributed by atoms with E-state index in [1.807, 2.05) is 19.1 Å². The predicted octanol–water partition coefficient (Wildman–Crippen LogP) is 1.83. The number of nitrogens with two attached hydrogens (primary N) is 1. The van der Waals surface area contributed by atoms with Gasteiger partial charge in [0, 0.05) is 6.04 Å². The quantitative estimate of drug-likeness (QED) is 0.787. The van der Waals surface area contributed by atoms with Gasteiger partial charge in [0.1, 0.15) is 0 Å². The summed E-state index contributed by atoms with van der Waals surface area (Å²) >= 11 is 0. The van der Waals surface area contributed by atoms with Crippen LogP contribution in [0.3, 0.4) is 0 Å². The largest absolute Gasteiger partial charge is 0.493 e. The first-order valence-electron chi connectivity index (χ1n) is 6.30. The number of para-hydroxylation sites is 1. The average Bonchev–Trinajstić information content (AvgIpc) is 2.35. The maximum absolute atomic E-state index is 11.1. The number of hydrogen-bond donors (Lipinski definition) is 2. The molecule has 0 saturated heterocycles. The summed E-state index contributed by atoms with van der Waals surface area (Å²) in [6.45, 7) is 3.65. The summed E-state index contributed by atoms with van der Waals surface area (Å²) < 4.78 is 10.8. The second-order valence-electron chi connectivity index (χ2n) is 4.48. The first-order chi connectivity index (χ1) is 8.99. The third kappa shape index (κ3) is 4.13. The highest BCUT2D eigenvalue weighted by molar-refractivity contribution is 5.73. The van der Waals surface area contributed by atoms with Crippen molar-refractivity contribution in [2.45, 2.75) is 38.8 Å². The summed E-state index contributed by atoms with van der Waals surface area (Å²) in [5.74, 6) is 0.00885.